The molecule has 0 bridgehead atoms. The van der Waals surface area contributed by atoms with Crippen molar-refractivity contribution in [3.8, 4) is 0 Å². The fraction of sp³-hybridized carbons (Fsp3) is 0.571. The minimum absolute atomic E-state index is 0.121. The first-order chi connectivity index (χ1) is 5.75. The maximum absolute atomic E-state index is 10.9. The predicted molar refractivity (Wildman–Crippen MR) is 48.8 cm³/mol. The molecule has 0 radical (unpaired) electrons. The summed E-state index contributed by atoms with van der Waals surface area (Å²) in [6, 6.07) is 0. The van der Waals surface area contributed by atoms with Crippen LogP contribution in [0.1, 0.15) is 13.8 Å². The summed E-state index contributed by atoms with van der Waals surface area (Å²) in [7, 11) is -4.07. The Morgan fingerprint density at radius 1 is 1.62 bits per heavy atom. The molecule has 0 aromatic carbocycles. The van der Waals surface area contributed by atoms with Gasteiger partial charge in [-0.3, -0.25) is 9.35 Å². The van der Waals surface area contributed by atoms with Crippen LogP contribution in [0.15, 0.2) is 12.2 Å². The van der Waals surface area contributed by atoms with Gasteiger partial charge in [0.1, 0.15) is 5.25 Å². The molecule has 13 heavy (non-hydrogen) atoms. The number of hydrogen-bond acceptors (Lipinski definition) is 3. The molecule has 0 rings (SSSR count). The highest BCUT2D eigenvalue weighted by Gasteiger charge is 2.17. The van der Waals surface area contributed by atoms with Crippen LogP contribution in [0.4, 0.5) is 0 Å². The Morgan fingerprint density at radius 2 is 2.08 bits per heavy atom. The molecule has 0 aliphatic carbocycles. The lowest BCUT2D eigenvalue weighted by Gasteiger charge is -2.08. The first-order valence-corrected chi connectivity index (χ1v) is 5.15. The number of hydrogen-bond donors (Lipinski definition) is 2. The molecule has 1 amide bonds. The van der Waals surface area contributed by atoms with Crippen molar-refractivity contribution in [3.63, 3.8) is 0 Å². The summed E-state index contributed by atoms with van der Waals surface area (Å²) in [5, 5.41) is 1.31. The second-order valence-electron chi connectivity index (χ2n) is 2.82. The summed E-state index contributed by atoms with van der Waals surface area (Å²) in [5.41, 5.74) is 0.294. The van der Waals surface area contributed by atoms with Gasteiger partial charge in [-0.2, -0.15) is 8.42 Å². The highest BCUT2D eigenvalue weighted by atomic mass is 32.2. The molecule has 1 atom stereocenters. The molecule has 0 saturated heterocycles. The van der Waals surface area contributed by atoms with Gasteiger partial charge in [-0.1, -0.05) is 6.58 Å². The lowest BCUT2D eigenvalue weighted by Crippen LogP contribution is -2.34. The maximum atomic E-state index is 10.9. The molecule has 6 heteroatoms. The predicted octanol–water partition coefficient (Wildman–Crippen LogP) is -0.0450. The van der Waals surface area contributed by atoms with E-state index in [1.807, 2.05) is 0 Å². The molecular formula is C7H13NO4S. The van der Waals surface area contributed by atoms with E-state index in [2.05, 4.69) is 11.9 Å². The van der Waals surface area contributed by atoms with Crippen LogP contribution in [-0.2, 0) is 14.9 Å². The second kappa shape index (κ2) is 4.38. The van der Waals surface area contributed by atoms with Gasteiger partial charge in [-0.25, -0.2) is 0 Å². The number of amides is 1. The molecule has 5 nitrogen and oxygen atoms in total. The summed E-state index contributed by atoms with van der Waals surface area (Å²) in [5.74, 6) is -0.421. The number of carbonyl (C=O) groups is 1. The van der Waals surface area contributed by atoms with Crippen LogP contribution in [0.3, 0.4) is 0 Å². The van der Waals surface area contributed by atoms with Crippen LogP contribution in [0.5, 0.6) is 0 Å². The zero-order chi connectivity index (χ0) is 10.6. The van der Waals surface area contributed by atoms with E-state index >= 15 is 0 Å². The van der Waals surface area contributed by atoms with Crippen molar-refractivity contribution in [2.24, 2.45) is 0 Å². The maximum Gasteiger partial charge on any atom is 0.269 e. The van der Waals surface area contributed by atoms with Crippen molar-refractivity contribution in [2.75, 3.05) is 6.54 Å². The second-order valence-corrected chi connectivity index (χ2v) is 4.65. The van der Waals surface area contributed by atoms with Crippen LogP contribution >= 0.6 is 0 Å². The summed E-state index contributed by atoms with van der Waals surface area (Å²) in [6.45, 7) is 6.06. The SMILES string of the molecule is C=C(C)C(=O)NCC(C)S(=O)(=O)O. The normalized spacial score (nSPS) is 13.5. The minimum Gasteiger partial charge on any atom is -0.351 e. The smallest absolute Gasteiger partial charge is 0.269 e. The molecule has 2 N–H and O–H groups in total. The molecule has 0 spiro atoms. The topological polar surface area (TPSA) is 83.5 Å². The molecule has 0 heterocycles. The van der Waals surface area contributed by atoms with E-state index in [4.69, 9.17) is 4.55 Å². The molecule has 0 saturated carbocycles. The average Bonchev–Trinajstić information content (AvgIpc) is 1.97. The summed E-state index contributed by atoms with van der Waals surface area (Å²) in [4.78, 5) is 10.9. The summed E-state index contributed by atoms with van der Waals surface area (Å²) >= 11 is 0. The fourth-order valence-electron chi connectivity index (χ4n) is 0.493. The van der Waals surface area contributed by atoms with E-state index in [1.54, 1.807) is 0 Å². The number of carbonyl (C=O) groups excluding carboxylic acids is 1. The standard InChI is InChI=1S/C7H13NO4S/c1-5(2)7(9)8-4-6(3)13(10,11)12/h6H,1,4H2,2-3H3,(H,8,9)(H,10,11,12). The molecule has 0 aromatic rings. The van der Waals surface area contributed by atoms with Crippen molar-refractivity contribution in [1.82, 2.24) is 5.32 Å². The molecular weight excluding hydrogens is 194 g/mol. The molecule has 76 valence electrons. The molecule has 0 aliphatic heterocycles. The fourth-order valence-corrected chi connectivity index (χ4v) is 0.787. The van der Waals surface area contributed by atoms with Crippen LogP contribution in [0.2, 0.25) is 0 Å². The van der Waals surface area contributed by atoms with E-state index < -0.39 is 21.3 Å². The molecule has 0 aliphatic rings. The van der Waals surface area contributed by atoms with Gasteiger partial charge in [0.2, 0.25) is 5.91 Å². The van der Waals surface area contributed by atoms with Crippen LogP contribution in [-0.4, -0.2) is 30.7 Å². The first kappa shape index (κ1) is 12.1. The Labute approximate surface area is 77.6 Å². The minimum atomic E-state index is -4.07. The Kier molecular flexibility index (Phi) is 4.09. The van der Waals surface area contributed by atoms with E-state index in [-0.39, 0.29) is 6.54 Å². The zero-order valence-corrected chi connectivity index (χ0v) is 8.39. The first-order valence-electron chi connectivity index (χ1n) is 3.65. The number of nitrogens with one attached hydrogen (secondary N) is 1. The third-order valence-electron chi connectivity index (χ3n) is 1.45. The van der Waals surface area contributed by atoms with Crippen LogP contribution < -0.4 is 5.32 Å². The largest absolute Gasteiger partial charge is 0.351 e. The summed E-state index contributed by atoms with van der Waals surface area (Å²) in [6.07, 6.45) is 0. The van der Waals surface area contributed by atoms with E-state index in [1.165, 1.54) is 13.8 Å². The van der Waals surface area contributed by atoms with Crippen molar-refractivity contribution < 1.29 is 17.8 Å². The highest BCUT2D eigenvalue weighted by molar-refractivity contribution is 7.86. The third-order valence-corrected chi connectivity index (χ3v) is 2.63. The van der Waals surface area contributed by atoms with Crippen molar-refractivity contribution >= 4 is 16.0 Å². The monoisotopic (exact) mass is 207 g/mol. The van der Waals surface area contributed by atoms with Gasteiger partial charge in [0.05, 0.1) is 0 Å². The van der Waals surface area contributed by atoms with Gasteiger partial charge >= 0.3 is 0 Å². The lowest BCUT2D eigenvalue weighted by molar-refractivity contribution is -0.117. The molecule has 0 aromatic heterocycles. The number of rotatable bonds is 4. The van der Waals surface area contributed by atoms with E-state index in [0.29, 0.717) is 5.57 Å². The van der Waals surface area contributed by atoms with Crippen molar-refractivity contribution in [1.29, 1.82) is 0 Å². The quantitative estimate of drug-likeness (QED) is 0.500. The van der Waals surface area contributed by atoms with Gasteiger partial charge in [0.25, 0.3) is 10.1 Å². The van der Waals surface area contributed by atoms with Crippen LogP contribution in [0.25, 0.3) is 0 Å². The highest BCUT2D eigenvalue weighted by Crippen LogP contribution is 1.95. The van der Waals surface area contributed by atoms with Gasteiger partial charge in [0.15, 0.2) is 0 Å². The van der Waals surface area contributed by atoms with E-state index in [0.717, 1.165) is 0 Å². The van der Waals surface area contributed by atoms with Gasteiger partial charge < -0.3 is 5.32 Å². The Balaban J connectivity index is 4.06. The third kappa shape index (κ3) is 4.64. The Morgan fingerprint density at radius 3 is 2.38 bits per heavy atom. The zero-order valence-electron chi connectivity index (χ0n) is 7.57. The van der Waals surface area contributed by atoms with E-state index in [9.17, 15) is 13.2 Å². The lowest BCUT2D eigenvalue weighted by atomic mass is 10.3. The van der Waals surface area contributed by atoms with Gasteiger partial charge in [-0.05, 0) is 13.8 Å². The Bertz CT molecular complexity index is 306. The van der Waals surface area contributed by atoms with Crippen molar-refractivity contribution in [2.45, 2.75) is 19.1 Å². The molecule has 1 unspecified atom stereocenters. The average molecular weight is 207 g/mol. The van der Waals surface area contributed by atoms with Crippen molar-refractivity contribution in [3.05, 3.63) is 12.2 Å². The van der Waals surface area contributed by atoms with Gasteiger partial charge in [0, 0.05) is 12.1 Å². The summed E-state index contributed by atoms with van der Waals surface area (Å²) < 4.78 is 29.5. The van der Waals surface area contributed by atoms with Crippen LogP contribution in [0, 0.1) is 0 Å². The Hall–Kier alpha value is -0.880. The van der Waals surface area contributed by atoms with Gasteiger partial charge in [-0.15, -0.1) is 0 Å². The molecule has 0 fully saturated rings.